The topological polar surface area (TPSA) is 122 Å². The lowest BCUT2D eigenvalue weighted by Gasteiger charge is -2.33. The van der Waals surface area contributed by atoms with E-state index in [4.69, 9.17) is 9.47 Å². The van der Waals surface area contributed by atoms with Crippen LogP contribution in [0.2, 0.25) is 0 Å². The summed E-state index contributed by atoms with van der Waals surface area (Å²) in [4.78, 5) is 50.0. The predicted molar refractivity (Wildman–Crippen MR) is 105 cm³/mol. The summed E-state index contributed by atoms with van der Waals surface area (Å²) in [6.07, 6.45) is 0. The lowest BCUT2D eigenvalue weighted by molar-refractivity contribution is -0.143. The number of rotatable bonds is 9. The largest absolute Gasteiger partial charge is 0.507 e. The molecule has 0 bridgehead atoms. The first-order valence-corrected chi connectivity index (χ1v) is 9.37. The Bertz CT molecular complexity index is 761. The van der Waals surface area contributed by atoms with Crippen LogP contribution >= 0.6 is 0 Å². The number of hydrogen-bond acceptors (Lipinski definition) is 7. The average Bonchev–Trinajstić information content (AvgIpc) is 2.64. The van der Waals surface area contributed by atoms with E-state index in [0.717, 1.165) is 0 Å². The fourth-order valence-electron chi connectivity index (χ4n) is 2.78. The lowest BCUT2D eigenvalue weighted by atomic mass is 9.99. The van der Waals surface area contributed by atoms with Crippen molar-refractivity contribution >= 4 is 29.4 Å². The quantitative estimate of drug-likeness (QED) is 0.595. The van der Waals surface area contributed by atoms with Gasteiger partial charge in [-0.05, 0) is 38.0 Å². The van der Waals surface area contributed by atoms with Crippen molar-refractivity contribution in [3.63, 3.8) is 0 Å². The van der Waals surface area contributed by atoms with Crippen molar-refractivity contribution in [2.45, 2.75) is 40.7 Å². The summed E-state index contributed by atoms with van der Waals surface area (Å²) in [5, 5.41) is 12.4. The molecule has 0 aliphatic heterocycles. The third-order valence-corrected chi connectivity index (χ3v) is 3.98. The Balaban J connectivity index is 3.25. The fourth-order valence-corrected chi connectivity index (χ4v) is 2.78. The molecule has 160 valence electrons. The number of phenolic OH excluding ortho intramolecular Hbond substituents is 1. The molecule has 9 heteroatoms. The Morgan fingerprint density at radius 1 is 1.10 bits per heavy atom. The van der Waals surface area contributed by atoms with E-state index >= 15 is 0 Å². The molecule has 0 aliphatic carbocycles. The molecule has 1 aromatic carbocycles. The van der Waals surface area contributed by atoms with E-state index < -0.39 is 29.8 Å². The van der Waals surface area contributed by atoms with Crippen molar-refractivity contribution in [1.29, 1.82) is 0 Å². The molecule has 9 nitrogen and oxygen atoms in total. The summed E-state index contributed by atoms with van der Waals surface area (Å²) < 4.78 is 9.70. The molecule has 1 atom stereocenters. The molecule has 1 rings (SSSR count). The lowest BCUT2D eigenvalue weighted by Crippen LogP contribution is -2.53. The third kappa shape index (κ3) is 6.48. The Kier molecular flexibility index (Phi) is 9.11. The highest BCUT2D eigenvalue weighted by molar-refractivity contribution is 6.02. The van der Waals surface area contributed by atoms with Gasteiger partial charge in [-0.25, -0.2) is 4.79 Å². The number of aromatic hydroxyl groups is 1. The van der Waals surface area contributed by atoms with Crippen LogP contribution in [0, 0.1) is 5.92 Å². The summed E-state index contributed by atoms with van der Waals surface area (Å²) in [5.74, 6) is -2.95. The Labute approximate surface area is 170 Å². The first-order valence-electron chi connectivity index (χ1n) is 9.37. The molecule has 2 amide bonds. The van der Waals surface area contributed by atoms with Gasteiger partial charge >= 0.3 is 11.9 Å². The van der Waals surface area contributed by atoms with E-state index in [-0.39, 0.29) is 42.7 Å². The number of carbonyl (C=O) groups excluding carboxylic acids is 4. The Morgan fingerprint density at radius 2 is 1.72 bits per heavy atom. The van der Waals surface area contributed by atoms with Crippen LogP contribution in [-0.2, 0) is 23.9 Å². The molecular weight excluding hydrogens is 380 g/mol. The minimum absolute atomic E-state index is 0.115. The summed E-state index contributed by atoms with van der Waals surface area (Å²) in [7, 11) is 0. The van der Waals surface area contributed by atoms with E-state index in [1.54, 1.807) is 27.7 Å². The molecule has 1 aromatic rings. The van der Waals surface area contributed by atoms with E-state index in [9.17, 15) is 24.3 Å². The highest BCUT2D eigenvalue weighted by atomic mass is 16.5. The second-order valence-corrected chi connectivity index (χ2v) is 6.52. The molecule has 2 N–H and O–H groups in total. The minimum atomic E-state index is -0.957. The van der Waals surface area contributed by atoms with Gasteiger partial charge in [0.2, 0.25) is 11.8 Å². The van der Waals surface area contributed by atoms with Crippen molar-refractivity contribution in [2.75, 3.05) is 24.7 Å². The number of anilines is 1. The molecule has 29 heavy (non-hydrogen) atoms. The molecule has 0 fully saturated rings. The van der Waals surface area contributed by atoms with Gasteiger partial charge < -0.3 is 19.9 Å². The number of ether oxygens (including phenoxy) is 2. The summed E-state index contributed by atoms with van der Waals surface area (Å²) in [6, 6.07) is 3.02. The number of carbonyl (C=O) groups is 4. The standard InChI is InChI=1S/C20H28N2O7/c1-6-28-17(25)11-21-19(26)18(12(3)4)22(13(5)23)14-8-9-16(24)15(10-14)20(27)29-7-2/h8-10,12,18,24H,6-7,11H2,1-5H3,(H,21,26). The van der Waals surface area contributed by atoms with E-state index in [2.05, 4.69) is 5.32 Å². The van der Waals surface area contributed by atoms with E-state index in [1.807, 2.05) is 0 Å². The van der Waals surface area contributed by atoms with Crippen LogP contribution in [0.3, 0.4) is 0 Å². The van der Waals surface area contributed by atoms with Gasteiger partial charge in [0.05, 0.1) is 13.2 Å². The number of hydrogen-bond donors (Lipinski definition) is 2. The van der Waals surface area contributed by atoms with Crippen LogP contribution < -0.4 is 10.2 Å². The normalized spacial score (nSPS) is 11.5. The molecule has 1 unspecified atom stereocenters. The van der Waals surface area contributed by atoms with Crippen molar-refractivity contribution in [1.82, 2.24) is 5.32 Å². The smallest absolute Gasteiger partial charge is 0.341 e. The highest BCUT2D eigenvalue weighted by Gasteiger charge is 2.33. The Morgan fingerprint density at radius 3 is 2.24 bits per heavy atom. The zero-order chi connectivity index (χ0) is 22.1. The zero-order valence-electron chi connectivity index (χ0n) is 17.4. The number of phenols is 1. The first-order chi connectivity index (χ1) is 13.6. The molecule has 0 aliphatic rings. The van der Waals surface area contributed by atoms with Gasteiger partial charge in [0.25, 0.3) is 0 Å². The molecule has 0 aromatic heterocycles. The van der Waals surface area contributed by atoms with Crippen LogP contribution in [0.15, 0.2) is 18.2 Å². The molecular formula is C20H28N2O7. The molecule has 0 spiro atoms. The van der Waals surface area contributed by atoms with Crippen molar-refractivity contribution in [3.8, 4) is 5.75 Å². The maximum atomic E-state index is 12.7. The van der Waals surface area contributed by atoms with Crippen LogP contribution in [-0.4, -0.2) is 54.7 Å². The zero-order valence-corrected chi connectivity index (χ0v) is 17.4. The van der Waals surface area contributed by atoms with Gasteiger partial charge in [0.1, 0.15) is 23.9 Å². The van der Waals surface area contributed by atoms with Crippen LogP contribution in [0.25, 0.3) is 0 Å². The van der Waals surface area contributed by atoms with Crippen LogP contribution in [0.5, 0.6) is 5.75 Å². The average molecular weight is 408 g/mol. The second-order valence-electron chi connectivity index (χ2n) is 6.52. The minimum Gasteiger partial charge on any atom is -0.507 e. The predicted octanol–water partition coefficient (Wildman–Crippen LogP) is 1.63. The number of nitrogens with zero attached hydrogens (tertiary/aromatic N) is 1. The van der Waals surface area contributed by atoms with Crippen LogP contribution in [0.4, 0.5) is 5.69 Å². The van der Waals surface area contributed by atoms with E-state index in [1.165, 1.54) is 30.0 Å². The first kappa shape index (κ1) is 23.9. The van der Waals surface area contributed by atoms with Crippen molar-refractivity contribution in [3.05, 3.63) is 23.8 Å². The molecule has 0 saturated carbocycles. The number of nitrogens with one attached hydrogen (secondary N) is 1. The molecule has 0 saturated heterocycles. The van der Waals surface area contributed by atoms with Gasteiger partial charge in [-0.15, -0.1) is 0 Å². The van der Waals surface area contributed by atoms with Gasteiger partial charge in [-0.3, -0.25) is 19.3 Å². The van der Waals surface area contributed by atoms with E-state index in [0.29, 0.717) is 0 Å². The van der Waals surface area contributed by atoms with Gasteiger partial charge in [-0.2, -0.15) is 0 Å². The maximum absolute atomic E-state index is 12.7. The fraction of sp³-hybridized carbons (Fsp3) is 0.500. The summed E-state index contributed by atoms with van der Waals surface area (Å²) in [6.45, 7) is 8.03. The highest BCUT2D eigenvalue weighted by Crippen LogP contribution is 2.28. The second kappa shape index (κ2) is 11.0. The van der Waals surface area contributed by atoms with Crippen molar-refractivity contribution < 1.29 is 33.8 Å². The third-order valence-electron chi connectivity index (χ3n) is 3.98. The van der Waals surface area contributed by atoms with Gasteiger partial charge in [-0.1, -0.05) is 13.8 Å². The summed E-state index contributed by atoms with van der Waals surface area (Å²) >= 11 is 0. The monoisotopic (exact) mass is 408 g/mol. The maximum Gasteiger partial charge on any atom is 0.341 e. The number of esters is 2. The molecule has 0 radical (unpaired) electrons. The SMILES string of the molecule is CCOC(=O)CNC(=O)C(C(C)C)N(C(C)=O)c1ccc(O)c(C(=O)OCC)c1. The molecule has 0 heterocycles. The van der Waals surface area contributed by atoms with Crippen LogP contribution in [0.1, 0.15) is 45.0 Å². The Hall–Kier alpha value is -3.10. The van der Waals surface area contributed by atoms with Gasteiger partial charge in [0.15, 0.2) is 0 Å². The summed E-state index contributed by atoms with van der Waals surface area (Å²) in [5.41, 5.74) is 0.119. The number of benzene rings is 1. The van der Waals surface area contributed by atoms with Gasteiger partial charge in [0, 0.05) is 12.6 Å². The number of amides is 2. The van der Waals surface area contributed by atoms with Crippen molar-refractivity contribution in [2.24, 2.45) is 5.92 Å².